The molecule has 0 bridgehead atoms. The number of hydrogen-bond acceptors (Lipinski definition) is 3. The molecule has 1 atom stereocenters. The van der Waals surface area contributed by atoms with Crippen molar-refractivity contribution in [3.63, 3.8) is 0 Å². The largest absolute Gasteiger partial charge is 0.381 e. The van der Waals surface area contributed by atoms with Gasteiger partial charge in [0.25, 0.3) is 5.91 Å². The Labute approximate surface area is 126 Å². The molecule has 1 saturated heterocycles. The first kappa shape index (κ1) is 15.2. The number of anilines is 1. The standard InChI is InChI=1S/C16H24N2OS/c1-16(2)9-10-20-11-14(16)17-13-7-5-12(6-8-13)15(19)18(3)4/h5-8,14,17H,9-11H2,1-4H3. The summed E-state index contributed by atoms with van der Waals surface area (Å²) >= 11 is 2.01. The highest BCUT2D eigenvalue weighted by Crippen LogP contribution is 2.35. The Hall–Kier alpha value is -1.16. The number of nitrogens with one attached hydrogen (secondary N) is 1. The quantitative estimate of drug-likeness (QED) is 0.927. The van der Waals surface area contributed by atoms with Crippen LogP contribution in [0.4, 0.5) is 5.69 Å². The molecule has 1 aliphatic heterocycles. The van der Waals surface area contributed by atoms with E-state index in [0.29, 0.717) is 11.5 Å². The van der Waals surface area contributed by atoms with Crippen molar-refractivity contribution in [2.24, 2.45) is 5.41 Å². The Morgan fingerprint density at radius 3 is 2.50 bits per heavy atom. The minimum Gasteiger partial charge on any atom is -0.381 e. The maximum atomic E-state index is 11.9. The molecule has 0 saturated carbocycles. The molecule has 2 rings (SSSR count). The summed E-state index contributed by atoms with van der Waals surface area (Å²) in [5, 5.41) is 3.62. The first-order chi connectivity index (χ1) is 9.40. The van der Waals surface area contributed by atoms with E-state index in [1.54, 1.807) is 19.0 Å². The predicted octanol–water partition coefficient (Wildman–Crippen LogP) is 3.33. The highest BCUT2D eigenvalue weighted by molar-refractivity contribution is 7.99. The fourth-order valence-corrected chi connectivity index (χ4v) is 3.95. The SMILES string of the molecule is CN(C)C(=O)c1ccc(NC2CSCCC2(C)C)cc1. The van der Waals surface area contributed by atoms with Crippen LogP contribution < -0.4 is 5.32 Å². The van der Waals surface area contributed by atoms with Crippen LogP contribution in [0.1, 0.15) is 30.6 Å². The predicted molar refractivity (Wildman–Crippen MR) is 87.6 cm³/mol. The van der Waals surface area contributed by atoms with Gasteiger partial charge in [-0.25, -0.2) is 0 Å². The molecular formula is C16H24N2OS. The van der Waals surface area contributed by atoms with Crippen LogP contribution in [0.2, 0.25) is 0 Å². The molecule has 0 aromatic heterocycles. The molecule has 110 valence electrons. The van der Waals surface area contributed by atoms with Crippen LogP contribution in [-0.4, -0.2) is 42.4 Å². The summed E-state index contributed by atoms with van der Waals surface area (Å²) in [4.78, 5) is 13.5. The van der Waals surface area contributed by atoms with Gasteiger partial charge in [0.05, 0.1) is 0 Å². The van der Waals surface area contributed by atoms with Crippen LogP contribution >= 0.6 is 11.8 Å². The molecule has 1 unspecified atom stereocenters. The van der Waals surface area contributed by atoms with Crippen molar-refractivity contribution >= 4 is 23.4 Å². The second-order valence-electron chi connectivity index (χ2n) is 6.29. The molecule has 0 spiro atoms. The molecule has 1 aliphatic rings. The zero-order chi connectivity index (χ0) is 14.8. The van der Waals surface area contributed by atoms with Gasteiger partial charge in [0, 0.05) is 37.1 Å². The van der Waals surface area contributed by atoms with Crippen molar-refractivity contribution in [2.75, 3.05) is 30.9 Å². The molecule has 1 heterocycles. The van der Waals surface area contributed by atoms with E-state index in [1.807, 2.05) is 36.0 Å². The van der Waals surface area contributed by atoms with Crippen LogP contribution in [0.5, 0.6) is 0 Å². The maximum Gasteiger partial charge on any atom is 0.253 e. The molecular weight excluding hydrogens is 268 g/mol. The van der Waals surface area contributed by atoms with Gasteiger partial charge in [-0.15, -0.1) is 0 Å². The van der Waals surface area contributed by atoms with E-state index in [9.17, 15) is 4.79 Å². The van der Waals surface area contributed by atoms with Crippen LogP contribution in [0.25, 0.3) is 0 Å². The topological polar surface area (TPSA) is 32.3 Å². The lowest BCUT2D eigenvalue weighted by Gasteiger charge is -2.39. The van der Waals surface area contributed by atoms with Gasteiger partial charge in [0.1, 0.15) is 0 Å². The second kappa shape index (κ2) is 6.08. The average molecular weight is 292 g/mol. The number of nitrogens with zero attached hydrogens (tertiary/aromatic N) is 1. The monoisotopic (exact) mass is 292 g/mol. The van der Waals surface area contributed by atoms with Crippen molar-refractivity contribution < 1.29 is 4.79 Å². The highest BCUT2D eigenvalue weighted by Gasteiger charge is 2.32. The Morgan fingerprint density at radius 2 is 1.95 bits per heavy atom. The summed E-state index contributed by atoms with van der Waals surface area (Å²) in [6, 6.07) is 8.29. The summed E-state index contributed by atoms with van der Waals surface area (Å²) < 4.78 is 0. The number of benzene rings is 1. The van der Waals surface area contributed by atoms with Crippen molar-refractivity contribution in [3.8, 4) is 0 Å². The number of amides is 1. The third kappa shape index (κ3) is 3.48. The average Bonchev–Trinajstić information content (AvgIpc) is 2.41. The van der Waals surface area contributed by atoms with Crippen molar-refractivity contribution in [1.82, 2.24) is 4.90 Å². The molecule has 1 fully saturated rings. The highest BCUT2D eigenvalue weighted by atomic mass is 32.2. The Bertz CT molecular complexity index is 468. The number of rotatable bonds is 3. The Kier molecular flexibility index (Phi) is 4.63. The minimum atomic E-state index is 0.0464. The first-order valence-electron chi connectivity index (χ1n) is 7.06. The maximum absolute atomic E-state index is 11.9. The molecule has 4 heteroatoms. The van der Waals surface area contributed by atoms with E-state index < -0.39 is 0 Å². The van der Waals surface area contributed by atoms with Gasteiger partial charge >= 0.3 is 0 Å². The minimum absolute atomic E-state index is 0.0464. The van der Waals surface area contributed by atoms with E-state index in [0.717, 1.165) is 17.0 Å². The van der Waals surface area contributed by atoms with E-state index in [-0.39, 0.29) is 5.91 Å². The molecule has 3 nitrogen and oxygen atoms in total. The van der Waals surface area contributed by atoms with E-state index in [4.69, 9.17) is 0 Å². The van der Waals surface area contributed by atoms with Gasteiger partial charge in [-0.3, -0.25) is 4.79 Å². The van der Waals surface area contributed by atoms with Gasteiger partial charge in [-0.2, -0.15) is 11.8 Å². The lowest BCUT2D eigenvalue weighted by Crippen LogP contribution is -2.41. The van der Waals surface area contributed by atoms with E-state index in [1.165, 1.54) is 12.2 Å². The van der Waals surface area contributed by atoms with E-state index in [2.05, 4.69) is 19.2 Å². The smallest absolute Gasteiger partial charge is 0.253 e. The summed E-state index contributed by atoms with van der Waals surface area (Å²) in [5.74, 6) is 2.44. The van der Waals surface area contributed by atoms with Gasteiger partial charge in [0.15, 0.2) is 0 Å². The third-order valence-corrected chi connectivity index (χ3v) is 5.06. The molecule has 1 amide bonds. The van der Waals surface area contributed by atoms with Crippen molar-refractivity contribution in [2.45, 2.75) is 26.3 Å². The second-order valence-corrected chi connectivity index (χ2v) is 7.44. The van der Waals surface area contributed by atoms with Crippen LogP contribution in [0.15, 0.2) is 24.3 Å². The fraction of sp³-hybridized carbons (Fsp3) is 0.562. The number of carbonyl (C=O) groups is 1. The summed E-state index contributed by atoms with van der Waals surface area (Å²) in [6.07, 6.45) is 1.24. The van der Waals surface area contributed by atoms with Gasteiger partial charge in [-0.1, -0.05) is 13.8 Å². The zero-order valence-corrected chi connectivity index (χ0v) is 13.6. The number of hydrogen-bond donors (Lipinski definition) is 1. The zero-order valence-electron chi connectivity index (χ0n) is 12.8. The molecule has 1 N–H and O–H groups in total. The van der Waals surface area contributed by atoms with Crippen molar-refractivity contribution in [1.29, 1.82) is 0 Å². The van der Waals surface area contributed by atoms with Gasteiger partial charge in [-0.05, 0) is 41.9 Å². The first-order valence-corrected chi connectivity index (χ1v) is 8.21. The van der Waals surface area contributed by atoms with Crippen LogP contribution in [-0.2, 0) is 0 Å². The molecule has 0 radical (unpaired) electrons. The lowest BCUT2D eigenvalue weighted by molar-refractivity contribution is 0.0827. The molecule has 1 aromatic carbocycles. The molecule has 0 aliphatic carbocycles. The Morgan fingerprint density at radius 1 is 1.30 bits per heavy atom. The van der Waals surface area contributed by atoms with Gasteiger partial charge < -0.3 is 10.2 Å². The van der Waals surface area contributed by atoms with Gasteiger partial charge in [0.2, 0.25) is 0 Å². The molecule has 1 aromatic rings. The fourth-order valence-electron chi connectivity index (χ4n) is 2.34. The normalized spacial score (nSPS) is 21.3. The third-order valence-electron chi connectivity index (χ3n) is 4.00. The summed E-state index contributed by atoms with van der Waals surface area (Å²) in [5.41, 5.74) is 2.15. The Balaban J connectivity index is 2.05. The molecule has 20 heavy (non-hydrogen) atoms. The number of thioether (sulfide) groups is 1. The lowest BCUT2D eigenvalue weighted by atomic mass is 9.82. The number of carbonyl (C=O) groups excluding carboxylic acids is 1. The van der Waals surface area contributed by atoms with Crippen LogP contribution in [0, 0.1) is 5.41 Å². The van der Waals surface area contributed by atoms with Crippen LogP contribution in [0.3, 0.4) is 0 Å². The van der Waals surface area contributed by atoms with Crippen molar-refractivity contribution in [3.05, 3.63) is 29.8 Å². The summed E-state index contributed by atoms with van der Waals surface area (Å²) in [7, 11) is 3.55. The summed E-state index contributed by atoms with van der Waals surface area (Å²) in [6.45, 7) is 4.66. The van der Waals surface area contributed by atoms with E-state index >= 15 is 0 Å².